The van der Waals surface area contributed by atoms with Crippen LogP contribution in [0.2, 0.25) is 0 Å². The van der Waals surface area contributed by atoms with Crippen molar-refractivity contribution in [1.29, 1.82) is 0 Å². The molecule has 0 saturated carbocycles. The average molecular weight is 334 g/mol. The van der Waals surface area contributed by atoms with Crippen molar-refractivity contribution in [2.45, 2.75) is 39.2 Å². The van der Waals surface area contributed by atoms with E-state index in [1.54, 1.807) is 14.2 Å². The highest BCUT2D eigenvalue weighted by Crippen LogP contribution is 2.28. The van der Waals surface area contributed by atoms with Gasteiger partial charge in [0.2, 0.25) is 5.91 Å². The molecule has 0 aromatic heterocycles. The van der Waals surface area contributed by atoms with Gasteiger partial charge in [0.25, 0.3) is 0 Å². The van der Waals surface area contributed by atoms with Crippen molar-refractivity contribution in [1.82, 2.24) is 10.2 Å². The van der Waals surface area contributed by atoms with Crippen LogP contribution in [-0.2, 0) is 11.3 Å². The van der Waals surface area contributed by atoms with Gasteiger partial charge >= 0.3 is 0 Å². The number of hydrogen-bond donors (Lipinski definition) is 1. The molecule has 1 heterocycles. The molecule has 1 aromatic carbocycles. The highest BCUT2D eigenvalue weighted by atomic mass is 16.5. The van der Waals surface area contributed by atoms with Crippen LogP contribution in [0.5, 0.6) is 11.5 Å². The average Bonchev–Trinajstić information content (AvgIpc) is 2.62. The zero-order valence-corrected chi connectivity index (χ0v) is 15.1. The number of likely N-dealkylation sites (tertiary alicyclic amines) is 1. The standard InChI is InChI=1S/C19H30N2O3/c1-4-5-10-20-19(22)16-8-11-21(12-9-16)14-15-6-7-17(23-2)18(13-15)24-3/h6-7,13,16H,4-5,8-12,14H2,1-3H3,(H,20,22). The minimum atomic E-state index is 0.170. The first-order valence-electron chi connectivity index (χ1n) is 8.88. The second-order valence-corrected chi connectivity index (χ2v) is 6.38. The quantitative estimate of drug-likeness (QED) is 0.743. The smallest absolute Gasteiger partial charge is 0.223 e. The fraction of sp³-hybridized carbons (Fsp3) is 0.632. The maximum atomic E-state index is 12.1. The van der Waals surface area contributed by atoms with Crippen molar-refractivity contribution in [2.75, 3.05) is 33.9 Å². The predicted octanol–water partition coefficient (Wildman–Crippen LogP) is 2.83. The first-order chi connectivity index (χ1) is 11.7. The molecule has 0 bridgehead atoms. The van der Waals surface area contributed by atoms with Crippen LogP contribution in [-0.4, -0.2) is 44.7 Å². The third-order valence-corrected chi connectivity index (χ3v) is 4.64. The van der Waals surface area contributed by atoms with Gasteiger partial charge in [-0.3, -0.25) is 9.69 Å². The van der Waals surface area contributed by atoms with Gasteiger partial charge in [-0.2, -0.15) is 0 Å². The summed E-state index contributed by atoms with van der Waals surface area (Å²) in [7, 11) is 3.30. The second-order valence-electron chi connectivity index (χ2n) is 6.38. The Balaban J connectivity index is 1.81. The van der Waals surface area contributed by atoms with Crippen LogP contribution in [0.25, 0.3) is 0 Å². The molecular formula is C19H30N2O3. The number of carbonyl (C=O) groups is 1. The molecule has 5 nitrogen and oxygen atoms in total. The number of rotatable bonds is 8. The molecule has 0 atom stereocenters. The molecule has 1 N–H and O–H groups in total. The zero-order valence-electron chi connectivity index (χ0n) is 15.1. The lowest BCUT2D eigenvalue weighted by molar-refractivity contribution is -0.126. The summed E-state index contributed by atoms with van der Waals surface area (Å²) in [6.45, 7) is 5.74. The van der Waals surface area contributed by atoms with Gasteiger partial charge in [-0.1, -0.05) is 19.4 Å². The van der Waals surface area contributed by atoms with Gasteiger partial charge in [-0.05, 0) is 50.0 Å². The Morgan fingerprint density at radius 1 is 1.21 bits per heavy atom. The highest BCUT2D eigenvalue weighted by Gasteiger charge is 2.24. The summed E-state index contributed by atoms with van der Waals surface area (Å²) >= 11 is 0. The summed E-state index contributed by atoms with van der Waals surface area (Å²) in [6.07, 6.45) is 4.05. The normalized spacial score (nSPS) is 16.0. The largest absolute Gasteiger partial charge is 0.493 e. The second kappa shape index (κ2) is 9.52. The van der Waals surface area contributed by atoms with Gasteiger partial charge in [0.1, 0.15) is 0 Å². The Hall–Kier alpha value is -1.75. The van der Waals surface area contributed by atoms with Crippen LogP contribution in [0.1, 0.15) is 38.2 Å². The van der Waals surface area contributed by atoms with Crippen molar-refractivity contribution in [2.24, 2.45) is 5.92 Å². The first kappa shape index (κ1) is 18.6. The van der Waals surface area contributed by atoms with E-state index in [-0.39, 0.29) is 11.8 Å². The molecule has 1 fully saturated rings. The van der Waals surface area contributed by atoms with Crippen molar-refractivity contribution in [3.63, 3.8) is 0 Å². The summed E-state index contributed by atoms with van der Waals surface area (Å²) in [6, 6.07) is 6.05. The number of benzene rings is 1. The van der Waals surface area contributed by atoms with Crippen molar-refractivity contribution < 1.29 is 14.3 Å². The maximum absolute atomic E-state index is 12.1. The lowest BCUT2D eigenvalue weighted by Crippen LogP contribution is -2.40. The molecule has 24 heavy (non-hydrogen) atoms. The van der Waals surface area contributed by atoms with Gasteiger partial charge in [0.15, 0.2) is 11.5 Å². The van der Waals surface area contributed by atoms with Gasteiger partial charge in [0.05, 0.1) is 14.2 Å². The van der Waals surface area contributed by atoms with E-state index in [4.69, 9.17) is 9.47 Å². The number of nitrogens with one attached hydrogen (secondary N) is 1. The maximum Gasteiger partial charge on any atom is 0.223 e. The number of hydrogen-bond acceptors (Lipinski definition) is 4. The summed E-state index contributed by atoms with van der Waals surface area (Å²) in [5.41, 5.74) is 1.21. The molecule has 0 spiro atoms. The Morgan fingerprint density at radius 2 is 1.92 bits per heavy atom. The fourth-order valence-electron chi connectivity index (χ4n) is 3.12. The summed E-state index contributed by atoms with van der Waals surface area (Å²) in [5, 5.41) is 3.06. The molecule has 1 aliphatic heterocycles. The number of piperidine rings is 1. The Labute approximate surface area is 145 Å². The Kier molecular flexibility index (Phi) is 7.37. The molecule has 134 valence electrons. The van der Waals surface area contributed by atoms with Crippen molar-refractivity contribution >= 4 is 5.91 Å². The fourth-order valence-corrected chi connectivity index (χ4v) is 3.12. The third-order valence-electron chi connectivity index (χ3n) is 4.64. The predicted molar refractivity (Wildman–Crippen MR) is 95.5 cm³/mol. The van der Waals surface area contributed by atoms with Crippen LogP contribution in [0.4, 0.5) is 0 Å². The Morgan fingerprint density at radius 3 is 2.54 bits per heavy atom. The number of methoxy groups -OCH3 is 2. The molecule has 1 aromatic rings. The Bertz CT molecular complexity index is 525. The summed E-state index contributed by atoms with van der Waals surface area (Å²) in [4.78, 5) is 14.5. The van der Waals surface area contributed by atoms with E-state index in [1.807, 2.05) is 12.1 Å². The molecule has 1 amide bonds. The van der Waals surface area contributed by atoms with Crippen LogP contribution >= 0.6 is 0 Å². The number of unbranched alkanes of at least 4 members (excludes halogenated alkanes) is 1. The van der Waals surface area contributed by atoms with E-state index < -0.39 is 0 Å². The van der Waals surface area contributed by atoms with Crippen molar-refractivity contribution in [3.05, 3.63) is 23.8 Å². The van der Waals surface area contributed by atoms with Gasteiger partial charge in [-0.25, -0.2) is 0 Å². The summed E-state index contributed by atoms with van der Waals surface area (Å²) in [5.74, 6) is 1.92. The molecular weight excluding hydrogens is 304 g/mol. The van der Waals surface area contributed by atoms with E-state index in [1.165, 1.54) is 5.56 Å². The molecule has 1 saturated heterocycles. The molecule has 1 aliphatic rings. The number of carbonyl (C=O) groups excluding carboxylic acids is 1. The van der Waals surface area contributed by atoms with Crippen LogP contribution in [0, 0.1) is 5.92 Å². The topological polar surface area (TPSA) is 50.8 Å². The van der Waals surface area contributed by atoms with Gasteiger partial charge in [-0.15, -0.1) is 0 Å². The number of nitrogens with zero attached hydrogens (tertiary/aromatic N) is 1. The van der Waals surface area contributed by atoms with E-state index in [9.17, 15) is 4.79 Å². The number of ether oxygens (including phenoxy) is 2. The minimum absolute atomic E-state index is 0.170. The van der Waals surface area contributed by atoms with Crippen LogP contribution in [0.15, 0.2) is 18.2 Å². The van der Waals surface area contributed by atoms with Gasteiger partial charge < -0.3 is 14.8 Å². The third kappa shape index (κ3) is 5.13. The van der Waals surface area contributed by atoms with E-state index in [2.05, 4.69) is 23.2 Å². The van der Waals surface area contributed by atoms with Gasteiger partial charge in [0, 0.05) is 19.0 Å². The highest BCUT2D eigenvalue weighted by molar-refractivity contribution is 5.78. The minimum Gasteiger partial charge on any atom is -0.493 e. The summed E-state index contributed by atoms with van der Waals surface area (Å²) < 4.78 is 10.6. The van der Waals surface area contributed by atoms with E-state index >= 15 is 0 Å². The zero-order chi connectivity index (χ0) is 17.4. The molecule has 0 aliphatic carbocycles. The molecule has 0 unspecified atom stereocenters. The van der Waals surface area contributed by atoms with Crippen LogP contribution in [0.3, 0.4) is 0 Å². The van der Waals surface area contributed by atoms with E-state index in [0.717, 1.165) is 63.4 Å². The molecule has 2 rings (SSSR count). The number of amides is 1. The lowest BCUT2D eigenvalue weighted by Gasteiger charge is -2.31. The SMILES string of the molecule is CCCCNC(=O)C1CCN(Cc2ccc(OC)c(OC)c2)CC1. The van der Waals surface area contributed by atoms with E-state index in [0.29, 0.717) is 0 Å². The monoisotopic (exact) mass is 334 g/mol. The van der Waals surface area contributed by atoms with Crippen LogP contribution < -0.4 is 14.8 Å². The molecule has 0 radical (unpaired) electrons. The van der Waals surface area contributed by atoms with Crippen molar-refractivity contribution in [3.8, 4) is 11.5 Å². The lowest BCUT2D eigenvalue weighted by atomic mass is 9.95. The first-order valence-corrected chi connectivity index (χ1v) is 8.88. The molecule has 5 heteroatoms.